The zero-order valence-electron chi connectivity index (χ0n) is 32.7. The van der Waals surface area contributed by atoms with Crippen molar-refractivity contribution in [2.75, 3.05) is 38.3 Å². The number of carbonyl (C=O) groups is 1. The van der Waals surface area contributed by atoms with Gasteiger partial charge in [0, 0.05) is 52.4 Å². The fourth-order valence-electron chi connectivity index (χ4n) is 8.47. The molecule has 3 aliphatic heterocycles. The van der Waals surface area contributed by atoms with Crippen molar-refractivity contribution in [3.8, 4) is 21.9 Å². The van der Waals surface area contributed by atoms with Crippen LogP contribution in [-0.4, -0.2) is 90.2 Å². The van der Waals surface area contributed by atoms with Gasteiger partial charge in [-0.1, -0.05) is 42.5 Å². The summed E-state index contributed by atoms with van der Waals surface area (Å²) in [5, 5.41) is 12.7. The molecule has 3 aromatic heterocycles. The van der Waals surface area contributed by atoms with Gasteiger partial charge in [-0.2, -0.15) is 16.6 Å². The van der Waals surface area contributed by atoms with E-state index in [2.05, 4.69) is 21.5 Å². The van der Waals surface area contributed by atoms with Gasteiger partial charge in [0.25, 0.3) is 11.5 Å². The van der Waals surface area contributed by atoms with Gasteiger partial charge in [0.15, 0.2) is 17.3 Å². The van der Waals surface area contributed by atoms with Crippen molar-refractivity contribution in [3.05, 3.63) is 122 Å². The highest BCUT2D eigenvalue weighted by atomic mass is 32.2. The highest BCUT2D eigenvalue weighted by molar-refractivity contribution is 7.99. The van der Waals surface area contributed by atoms with E-state index in [0.717, 1.165) is 51.0 Å². The molecule has 6 aromatic rings. The molecule has 2 atom stereocenters. The Labute approximate surface area is 343 Å². The van der Waals surface area contributed by atoms with Crippen molar-refractivity contribution >= 4 is 44.9 Å². The number of hydrogen-bond donors (Lipinski definition) is 0. The average Bonchev–Trinajstić information content (AvgIpc) is 3.93. The summed E-state index contributed by atoms with van der Waals surface area (Å²) in [4.78, 5) is 52.3. The zero-order valence-corrected chi connectivity index (χ0v) is 34.3. The monoisotopic (exact) mass is 816 g/mol. The van der Waals surface area contributed by atoms with Crippen LogP contribution in [0.1, 0.15) is 77.9 Å². The van der Waals surface area contributed by atoms with Crippen LogP contribution in [-0.2, 0) is 13.1 Å². The smallest absolute Gasteiger partial charge is 0.332 e. The van der Waals surface area contributed by atoms with E-state index in [1.165, 1.54) is 26.3 Å². The average molecular weight is 817 g/mol. The molecule has 0 N–H and O–H groups in total. The summed E-state index contributed by atoms with van der Waals surface area (Å²) in [5.41, 5.74) is 5.31. The van der Waals surface area contributed by atoms with Crippen LogP contribution in [0, 0.1) is 0 Å². The summed E-state index contributed by atoms with van der Waals surface area (Å²) in [6.07, 6.45) is 1.90. The van der Waals surface area contributed by atoms with Gasteiger partial charge in [-0.05, 0) is 85.5 Å². The SMILES string of the molecule is CCOc1cc2c(cc1OC)C(c1cccc(C(=O)N3CCC(n4c(=O)c5sc(-c6ccccc6)cc5n(Cc5nnn(CC)n5)c4=O)CC3)c1)=N[C@@H]1CCSC[C@H]21. The summed E-state index contributed by atoms with van der Waals surface area (Å²) in [7, 11) is 1.65. The molecule has 58 heavy (non-hydrogen) atoms. The Balaban J connectivity index is 0.998. The molecule has 0 unspecified atom stereocenters. The summed E-state index contributed by atoms with van der Waals surface area (Å²) in [5.74, 6) is 4.03. The number of nitrogens with zero attached hydrogens (tertiary/aromatic N) is 8. The first kappa shape index (κ1) is 38.0. The maximum absolute atomic E-state index is 14.4. The van der Waals surface area contributed by atoms with Gasteiger partial charge < -0.3 is 14.4 Å². The van der Waals surface area contributed by atoms with Crippen LogP contribution in [0.3, 0.4) is 0 Å². The number of carbonyl (C=O) groups excluding carboxylic acids is 1. The fraction of sp³-hybridized carbons (Fsp3) is 0.372. The number of hydrogen-bond acceptors (Lipinski definition) is 11. The summed E-state index contributed by atoms with van der Waals surface area (Å²) in [6, 6.07) is 23.4. The number of thiophene rings is 1. The van der Waals surface area contributed by atoms with E-state index in [4.69, 9.17) is 14.5 Å². The van der Waals surface area contributed by atoms with E-state index in [1.807, 2.05) is 97.2 Å². The third-order valence-electron chi connectivity index (χ3n) is 11.4. The second kappa shape index (κ2) is 16.0. The largest absolute Gasteiger partial charge is 0.493 e. The van der Waals surface area contributed by atoms with Crippen LogP contribution in [0.5, 0.6) is 11.5 Å². The molecular weight excluding hydrogens is 773 g/mol. The summed E-state index contributed by atoms with van der Waals surface area (Å²) >= 11 is 3.34. The number of tetrazole rings is 1. The van der Waals surface area contributed by atoms with Crippen molar-refractivity contribution in [3.63, 3.8) is 0 Å². The number of aromatic nitrogens is 6. The molecule has 0 bridgehead atoms. The molecule has 1 amide bonds. The number of piperidine rings is 1. The number of methoxy groups -OCH3 is 1. The van der Waals surface area contributed by atoms with Crippen LogP contribution < -0.4 is 20.7 Å². The standard InChI is InChI=1S/C43H44N8O5S2/c1-4-50-46-38(45-47-50)24-49-34-23-37(26-10-7-6-8-11-26)58-40(34)42(53)51(43(49)54)29-14-17-48(18-15-29)41(52)28-13-9-12-27(20-28)39-31-22-35(55-3)36(56-5-2)21-30(31)32-25-57-19-16-33(32)44-39/h6-13,20-23,29,32-33H,4-5,14-19,24-25H2,1-3H3/t32-,33-/m1/s1. The Morgan fingerprint density at radius 3 is 2.50 bits per heavy atom. The van der Waals surface area contributed by atoms with E-state index in [9.17, 15) is 14.4 Å². The molecule has 3 aromatic carbocycles. The van der Waals surface area contributed by atoms with E-state index >= 15 is 0 Å². The number of aliphatic imine (C=N–C) groups is 1. The number of benzene rings is 3. The van der Waals surface area contributed by atoms with Crippen LogP contribution in [0.25, 0.3) is 20.7 Å². The number of amides is 1. The Morgan fingerprint density at radius 1 is 0.931 bits per heavy atom. The maximum atomic E-state index is 14.4. The first-order chi connectivity index (χ1) is 28.3. The zero-order chi connectivity index (χ0) is 39.9. The van der Waals surface area contributed by atoms with Gasteiger partial charge in [-0.3, -0.25) is 23.7 Å². The Morgan fingerprint density at radius 2 is 1.74 bits per heavy atom. The lowest BCUT2D eigenvalue weighted by Crippen LogP contribution is -2.47. The van der Waals surface area contributed by atoms with Gasteiger partial charge in [0.1, 0.15) is 4.70 Å². The lowest BCUT2D eigenvalue weighted by atomic mass is 9.81. The number of rotatable bonds is 10. The third kappa shape index (κ3) is 6.93. The Bertz CT molecular complexity index is 2660. The summed E-state index contributed by atoms with van der Waals surface area (Å²) < 4.78 is 15.2. The minimum atomic E-state index is -0.419. The van der Waals surface area contributed by atoms with Crippen molar-refractivity contribution in [1.29, 1.82) is 0 Å². The van der Waals surface area contributed by atoms with Crippen LogP contribution in [0.15, 0.2) is 87.4 Å². The van der Waals surface area contributed by atoms with Gasteiger partial charge in [-0.15, -0.1) is 21.5 Å². The van der Waals surface area contributed by atoms with Gasteiger partial charge in [0.05, 0.1) is 44.1 Å². The van der Waals surface area contributed by atoms with Crippen LogP contribution in [0.2, 0.25) is 0 Å². The second-order valence-electron chi connectivity index (χ2n) is 14.8. The molecule has 6 heterocycles. The predicted molar refractivity (Wildman–Crippen MR) is 227 cm³/mol. The number of likely N-dealkylation sites (tertiary alicyclic amines) is 1. The van der Waals surface area contributed by atoms with E-state index < -0.39 is 5.69 Å². The number of fused-ring (bicyclic) bond motifs is 4. The Hall–Kier alpha value is -5.54. The molecule has 9 rings (SSSR count). The molecule has 3 aliphatic rings. The van der Waals surface area contributed by atoms with Crippen LogP contribution in [0.4, 0.5) is 0 Å². The molecule has 298 valence electrons. The minimum absolute atomic E-state index is 0.0742. The maximum Gasteiger partial charge on any atom is 0.332 e. The van der Waals surface area contributed by atoms with Crippen molar-refractivity contribution in [2.45, 2.75) is 64.2 Å². The second-order valence-corrected chi connectivity index (χ2v) is 17.0. The first-order valence-corrected chi connectivity index (χ1v) is 21.8. The molecule has 2 fully saturated rings. The highest BCUT2D eigenvalue weighted by Gasteiger charge is 2.36. The minimum Gasteiger partial charge on any atom is -0.493 e. The molecule has 13 nitrogen and oxygen atoms in total. The first-order valence-electron chi connectivity index (χ1n) is 19.9. The normalized spacial score (nSPS) is 18.1. The van der Waals surface area contributed by atoms with Crippen molar-refractivity contribution in [1.82, 2.24) is 34.2 Å². The van der Waals surface area contributed by atoms with Crippen molar-refractivity contribution < 1.29 is 14.3 Å². The van der Waals surface area contributed by atoms with Gasteiger partial charge >= 0.3 is 5.69 Å². The lowest BCUT2D eigenvalue weighted by Gasteiger charge is -2.35. The number of thioether (sulfide) groups is 1. The van der Waals surface area contributed by atoms with Crippen molar-refractivity contribution in [2.24, 2.45) is 4.99 Å². The number of aryl methyl sites for hydroxylation is 1. The molecule has 2 saturated heterocycles. The predicted octanol–water partition coefficient (Wildman–Crippen LogP) is 6.27. The fourth-order valence-corrected chi connectivity index (χ4v) is 10.8. The number of ether oxygens (including phenoxy) is 2. The van der Waals surface area contributed by atoms with Crippen LogP contribution >= 0.6 is 23.1 Å². The molecule has 0 saturated carbocycles. The van der Waals surface area contributed by atoms with E-state index in [-0.39, 0.29) is 36.0 Å². The summed E-state index contributed by atoms with van der Waals surface area (Å²) in [6.45, 7) is 5.84. The molecule has 0 radical (unpaired) electrons. The molecule has 15 heteroatoms. The topological polar surface area (TPSA) is 139 Å². The van der Waals surface area contributed by atoms with Gasteiger partial charge in [-0.25, -0.2) is 4.79 Å². The molecular formula is C43H44N8O5S2. The molecule has 0 spiro atoms. The van der Waals surface area contributed by atoms with E-state index in [1.54, 1.807) is 11.7 Å². The third-order valence-corrected chi connectivity index (χ3v) is 13.7. The van der Waals surface area contributed by atoms with Gasteiger partial charge in [0.2, 0.25) is 0 Å². The molecule has 0 aliphatic carbocycles. The Kier molecular flexibility index (Phi) is 10.5. The highest BCUT2D eigenvalue weighted by Crippen LogP contribution is 2.44. The quantitative estimate of drug-likeness (QED) is 0.157. The van der Waals surface area contributed by atoms with E-state index in [0.29, 0.717) is 66.4 Å². The lowest BCUT2D eigenvalue weighted by molar-refractivity contribution is 0.0691.